The number of nitrogens with one attached hydrogen (secondary N) is 2. The molecular weight excluding hydrogens is 340 g/mol. The SMILES string of the molecule is CCCCNc1ccc(C(=O)N(C)c2[nH+]cc(N=O)s2)c(OCC)c1. The average Bonchev–Trinajstić information content (AvgIpc) is 3.10. The lowest BCUT2D eigenvalue weighted by Crippen LogP contribution is -2.30. The Morgan fingerprint density at radius 3 is 2.84 bits per heavy atom. The minimum Gasteiger partial charge on any atom is -0.493 e. The maximum absolute atomic E-state index is 12.8. The third kappa shape index (κ3) is 4.76. The number of hydrogen-bond donors (Lipinski definition) is 1. The Balaban J connectivity index is 2.23. The Hall–Kier alpha value is -2.48. The topological polar surface area (TPSA) is 85.1 Å². The van der Waals surface area contributed by atoms with E-state index in [0.717, 1.165) is 36.4 Å². The summed E-state index contributed by atoms with van der Waals surface area (Å²) in [5.74, 6) is 0.310. The van der Waals surface area contributed by atoms with Crippen molar-refractivity contribution >= 4 is 33.1 Å². The predicted octanol–water partition coefficient (Wildman–Crippen LogP) is 3.85. The summed E-state index contributed by atoms with van der Waals surface area (Å²) in [6, 6.07) is 5.47. The number of carbonyl (C=O) groups is 1. The number of thiazole rings is 1. The van der Waals surface area contributed by atoms with E-state index in [1.54, 1.807) is 13.1 Å². The summed E-state index contributed by atoms with van der Waals surface area (Å²) in [6.45, 7) is 5.36. The second kappa shape index (κ2) is 9.12. The van der Waals surface area contributed by atoms with Crippen LogP contribution in [-0.4, -0.2) is 26.1 Å². The summed E-state index contributed by atoms with van der Waals surface area (Å²) in [5, 5.41) is 7.01. The number of H-pyrrole nitrogens is 1. The normalized spacial score (nSPS) is 10.4. The van der Waals surface area contributed by atoms with Gasteiger partial charge < -0.3 is 10.1 Å². The van der Waals surface area contributed by atoms with Crippen molar-refractivity contribution in [1.82, 2.24) is 0 Å². The first-order chi connectivity index (χ1) is 12.1. The Morgan fingerprint density at radius 2 is 2.20 bits per heavy atom. The largest absolute Gasteiger partial charge is 0.493 e. The Bertz CT molecular complexity index is 732. The molecule has 0 unspecified atom stereocenters. The molecule has 0 aliphatic heterocycles. The van der Waals surface area contributed by atoms with E-state index in [9.17, 15) is 9.70 Å². The van der Waals surface area contributed by atoms with E-state index in [4.69, 9.17) is 4.74 Å². The lowest BCUT2D eigenvalue weighted by Gasteiger charge is -2.14. The molecule has 134 valence electrons. The molecule has 0 saturated heterocycles. The fourth-order valence-corrected chi connectivity index (χ4v) is 2.95. The maximum atomic E-state index is 12.8. The first-order valence-electron chi connectivity index (χ1n) is 8.24. The van der Waals surface area contributed by atoms with Crippen molar-refractivity contribution in [2.75, 3.05) is 30.4 Å². The number of hydrogen-bond acceptors (Lipinski definition) is 6. The van der Waals surface area contributed by atoms with Gasteiger partial charge in [-0.25, -0.2) is 9.78 Å². The molecule has 2 aromatic rings. The highest BCUT2D eigenvalue weighted by Gasteiger charge is 2.27. The van der Waals surface area contributed by atoms with Crippen molar-refractivity contribution in [2.45, 2.75) is 26.7 Å². The highest BCUT2D eigenvalue weighted by molar-refractivity contribution is 7.18. The van der Waals surface area contributed by atoms with E-state index in [2.05, 4.69) is 22.4 Å². The molecule has 0 radical (unpaired) electrons. The minimum atomic E-state index is -0.223. The molecule has 0 aliphatic rings. The van der Waals surface area contributed by atoms with E-state index < -0.39 is 0 Å². The highest BCUT2D eigenvalue weighted by Crippen LogP contribution is 2.29. The average molecular weight is 363 g/mol. The lowest BCUT2D eigenvalue weighted by molar-refractivity contribution is -0.355. The molecule has 1 aromatic carbocycles. The van der Waals surface area contributed by atoms with Crippen LogP contribution in [0.1, 0.15) is 37.0 Å². The summed E-state index contributed by atoms with van der Waals surface area (Å²) in [4.78, 5) is 27.7. The summed E-state index contributed by atoms with van der Waals surface area (Å²) >= 11 is 1.12. The molecule has 0 aliphatic carbocycles. The Morgan fingerprint density at radius 1 is 1.40 bits per heavy atom. The fraction of sp³-hybridized carbons (Fsp3) is 0.412. The van der Waals surface area contributed by atoms with Crippen molar-refractivity contribution in [3.05, 3.63) is 34.9 Å². The van der Waals surface area contributed by atoms with Gasteiger partial charge in [-0.1, -0.05) is 13.3 Å². The van der Waals surface area contributed by atoms with Crippen molar-refractivity contribution < 1.29 is 14.5 Å². The smallest absolute Gasteiger partial charge is 0.345 e. The molecule has 0 bridgehead atoms. The van der Waals surface area contributed by atoms with Gasteiger partial charge in [0.05, 0.1) is 13.7 Å². The standard InChI is InChI=1S/C17H22N4O3S/c1-4-6-9-18-12-7-8-13(14(10-12)24-5-2)16(22)21(3)17-19-11-15(20-23)25-17/h7-8,10-11,18H,4-6,9H2,1-3H3/p+1. The highest BCUT2D eigenvalue weighted by atomic mass is 32.1. The number of ether oxygens (including phenoxy) is 1. The Labute approximate surface area is 151 Å². The summed E-state index contributed by atoms with van der Waals surface area (Å²) in [7, 11) is 1.64. The molecule has 0 fully saturated rings. The first kappa shape index (κ1) is 18.9. The molecule has 2 rings (SSSR count). The molecule has 1 amide bonds. The van der Waals surface area contributed by atoms with E-state index >= 15 is 0 Å². The van der Waals surface area contributed by atoms with Gasteiger partial charge in [-0.3, -0.25) is 0 Å². The zero-order valence-electron chi connectivity index (χ0n) is 14.7. The number of aromatic nitrogens is 1. The molecule has 8 heteroatoms. The zero-order chi connectivity index (χ0) is 18.2. The Kier molecular flexibility index (Phi) is 6.88. The van der Waals surface area contributed by atoms with Crippen LogP contribution in [0.4, 0.5) is 15.8 Å². The third-order valence-corrected chi connectivity index (χ3v) is 4.58. The van der Waals surface area contributed by atoms with Gasteiger partial charge in [-0.15, -0.1) is 4.91 Å². The molecule has 0 atom stereocenters. The zero-order valence-corrected chi connectivity index (χ0v) is 15.5. The van der Waals surface area contributed by atoms with Gasteiger partial charge in [0, 0.05) is 18.3 Å². The van der Waals surface area contributed by atoms with Gasteiger partial charge in [0.25, 0.3) is 0 Å². The second-order valence-electron chi connectivity index (χ2n) is 5.41. The van der Waals surface area contributed by atoms with E-state index in [1.807, 2.05) is 19.1 Å². The van der Waals surface area contributed by atoms with Gasteiger partial charge in [0.2, 0.25) is 5.00 Å². The van der Waals surface area contributed by atoms with E-state index in [-0.39, 0.29) is 10.9 Å². The monoisotopic (exact) mass is 363 g/mol. The predicted molar refractivity (Wildman–Crippen MR) is 100 cm³/mol. The number of anilines is 2. The van der Waals surface area contributed by atoms with Crippen LogP contribution < -0.4 is 19.9 Å². The lowest BCUT2D eigenvalue weighted by atomic mass is 10.1. The summed E-state index contributed by atoms with van der Waals surface area (Å²) < 4.78 is 5.65. The molecule has 2 N–H and O–H groups in total. The minimum absolute atomic E-state index is 0.223. The van der Waals surface area contributed by atoms with Gasteiger partial charge >= 0.3 is 11.0 Å². The van der Waals surface area contributed by atoms with Crippen molar-refractivity contribution in [3.63, 3.8) is 0 Å². The van der Waals surface area contributed by atoms with Gasteiger partial charge in [0.1, 0.15) is 17.5 Å². The number of nitrogens with zero attached hydrogens (tertiary/aromatic N) is 2. The van der Waals surface area contributed by atoms with Crippen LogP contribution in [0.25, 0.3) is 0 Å². The molecule has 0 saturated carbocycles. The molecule has 25 heavy (non-hydrogen) atoms. The van der Waals surface area contributed by atoms with Gasteiger partial charge in [0.15, 0.2) is 0 Å². The number of amides is 1. The van der Waals surface area contributed by atoms with Crippen LogP contribution in [0.15, 0.2) is 29.6 Å². The first-order valence-corrected chi connectivity index (χ1v) is 9.06. The van der Waals surface area contributed by atoms with Gasteiger partial charge in [-0.05, 0) is 42.0 Å². The van der Waals surface area contributed by atoms with Crippen LogP contribution in [-0.2, 0) is 0 Å². The maximum Gasteiger partial charge on any atom is 0.345 e. The van der Waals surface area contributed by atoms with Crippen LogP contribution in [0.2, 0.25) is 0 Å². The number of benzene rings is 1. The van der Waals surface area contributed by atoms with Crippen LogP contribution in [0.3, 0.4) is 0 Å². The third-order valence-electron chi connectivity index (χ3n) is 3.59. The van der Waals surface area contributed by atoms with E-state index in [0.29, 0.717) is 23.1 Å². The fourth-order valence-electron chi connectivity index (χ4n) is 2.26. The number of nitroso groups, excluding NO2 is 1. The number of unbranched alkanes of at least 4 members (excludes halogenated alkanes) is 1. The molecule has 1 aromatic heterocycles. The van der Waals surface area contributed by atoms with Crippen LogP contribution in [0.5, 0.6) is 5.75 Å². The summed E-state index contributed by atoms with van der Waals surface area (Å²) in [6.07, 6.45) is 3.66. The molecule has 7 nitrogen and oxygen atoms in total. The summed E-state index contributed by atoms with van der Waals surface area (Å²) in [5.41, 5.74) is 1.39. The number of aromatic amines is 1. The van der Waals surface area contributed by atoms with Crippen molar-refractivity contribution in [2.24, 2.45) is 5.18 Å². The number of carbonyl (C=O) groups excluding carboxylic acids is 1. The molecular formula is C17H23N4O3S+. The van der Waals surface area contributed by atoms with E-state index in [1.165, 1.54) is 11.1 Å². The molecule has 1 heterocycles. The quantitative estimate of drug-likeness (QED) is 0.542. The molecule has 0 spiro atoms. The van der Waals surface area contributed by atoms with Crippen molar-refractivity contribution in [3.8, 4) is 5.75 Å². The van der Waals surface area contributed by atoms with Gasteiger partial charge in [-0.2, -0.15) is 4.90 Å². The second-order valence-corrected chi connectivity index (χ2v) is 6.42. The van der Waals surface area contributed by atoms with Crippen LogP contribution >= 0.6 is 11.3 Å². The van der Waals surface area contributed by atoms with Crippen LogP contribution in [0, 0.1) is 4.91 Å². The van der Waals surface area contributed by atoms with Crippen molar-refractivity contribution in [1.29, 1.82) is 0 Å². The number of rotatable bonds is 9.